The molecule has 1 heterocycles. The summed E-state index contributed by atoms with van der Waals surface area (Å²) < 4.78 is 5.66. The van der Waals surface area contributed by atoms with Crippen molar-refractivity contribution >= 4 is 5.97 Å². The highest BCUT2D eigenvalue weighted by atomic mass is 16.6. The van der Waals surface area contributed by atoms with Crippen LogP contribution in [0.5, 0.6) is 0 Å². The van der Waals surface area contributed by atoms with Gasteiger partial charge in [-0.25, -0.2) is 0 Å². The van der Waals surface area contributed by atoms with E-state index in [1.54, 1.807) is 0 Å². The van der Waals surface area contributed by atoms with Crippen LogP contribution in [0.3, 0.4) is 0 Å². The fourth-order valence-corrected chi connectivity index (χ4v) is 3.47. The maximum absolute atomic E-state index is 11.4. The number of fused-ring (bicyclic) bond motifs is 1. The Balaban J connectivity index is 2.20. The fraction of sp³-hybridized carbons (Fsp3) is 0.769. The molecule has 0 N–H and O–H groups in total. The topological polar surface area (TPSA) is 26.3 Å². The molecule has 0 aromatic heterocycles. The summed E-state index contributed by atoms with van der Waals surface area (Å²) in [7, 11) is 0. The Hall–Kier alpha value is -0.790. The van der Waals surface area contributed by atoms with Gasteiger partial charge >= 0.3 is 5.97 Å². The van der Waals surface area contributed by atoms with Gasteiger partial charge in [0.2, 0.25) is 0 Å². The monoisotopic (exact) mass is 208 g/mol. The molecule has 0 bridgehead atoms. The van der Waals surface area contributed by atoms with Gasteiger partial charge in [-0.2, -0.15) is 0 Å². The number of carbonyl (C=O) groups excluding carboxylic acids is 1. The minimum absolute atomic E-state index is 0.00765. The van der Waals surface area contributed by atoms with E-state index in [1.807, 2.05) is 0 Å². The molecule has 2 aliphatic rings. The first-order valence-electron chi connectivity index (χ1n) is 5.94. The highest BCUT2D eigenvalue weighted by Crippen LogP contribution is 2.53. The van der Waals surface area contributed by atoms with Crippen LogP contribution in [0.4, 0.5) is 0 Å². The van der Waals surface area contributed by atoms with Gasteiger partial charge in [0, 0.05) is 11.8 Å². The number of rotatable bonds is 3. The maximum atomic E-state index is 11.4. The third-order valence-corrected chi connectivity index (χ3v) is 4.11. The summed E-state index contributed by atoms with van der Waals surface area (Å²) in [5.41, 5.74) is 1.06. The molecular formula is C13H20O2. The molecule has 15 heavy (non-hydrogen) atoms. The van der Waals surface area contributed by atoms with Gasteiger partial charge in [-0.05, 0) is 32.6 Å². The van der Waals surface area contributed by atoms with Gasteiger partial charge in [0.1, 0.15) is 5.60 Å². The lowest BCUT2D eigenvalue weighted by Crippen LogP contribution is -2.37. The van der Waals surface area contributed by atoms with Crippen LogP contribution < -0.4 is 0 Å². The SMILES string of the molecule is C=C(C)C[C@H]1CC[C@H]2CC(=O)O[C@@]12CC. The quantitative estimate of drug-likeness (QED) is 0.526. The van der Waals surface area contributed by atoms with Crippen molar-refractivity contribution in [3.63, 3.8) is 0 Å². The molecule has 0 amide bonds. The smallest absolute Gasteiger partial charge is 0.306 e. The molecule has 0 aromatic rings. The first-order valence-corrected chi connectivity index (χ1v) is 5.94. The van der Waals surface area contributed by atoms with Crippen LogP contribution in [0.2, 0.25) is 0 Å². The zero-order chi connectivity index (χ0) is 11.1. The van der Waals surface area contributed by atoms with E-state index in [-0.39, 0.29) is 11.6 Å². The minimum Gasteiger partial charge on any atom is -0.458 e. The second-order valence-corrected chi connectivity index (χ2v) is 5.12. The zero-order valence-electron chi connectivity index (χ0n) is 9.71. The van der Waals surface area contributed by atoms with Gasteiger partial charge in [0.15, 0.2) is 0 Å². The predicted molar refractivity (Wildman–Crippen MR) is 59.4 cm³/mol. The van der Waals surface area contributed by atoms with Crippen LogP contribution in [0.15, 0.2) is 12.2 Å². The second kappa shape index (κ2) is 3.66. The first kappa shape index (κ1) is 10.7. The Kier molecular flexibility index (Phi) is 2.61. The Labute approximate surface area is 91.7 Å². The van der Waals surface area contributed by atoms with Crippen molar-refractivity contribution in [2.45, 2.75) is 51.6 Å². The van der Waals surface area contributed by atoms with Crippen LogP contribution in [0.25, 0.3) is 0 Å². The normalized spacial score (nSPS) is 38.9. The second-order valence-electron chi connectivity index (χ2n) is 5.12. The lowest BCUT2D eigenvalue weighted by atomic mass is 9.79. The van der Waals surface area contributed by atoms with Gasteiger partial charge in [-0.1, -0.05) is 12.5 Å². The van der Waals surface area contributed by atoms with Crippen molar-refractivity contribution in [3.8, 4) is 0 Å². The van der Waals surface area contributed by atoms with Crippen LogP contribution in [0.1, 0.15) is 46.0 Å². The molecule has 3 atom stereocenters. The molecule has 2 nitrogen and oxygen atoms in total. The van der Waals surface area contributed by atoms with Crippen molar-refractivity contribution < 1.29 is 9.53 Å². The molecule has 2 rings (SSSR count). The van der Waals surface area contributed by atoms with Gasteiger partial charge < -0.3 is 4.74 Å². The zero-order valence-corrected chi connectivity index (χ0v) is 9.71. The molecule has 1 saturated carbocycles. The van der Waals surface area contributed by atoms with Crippen molar-refractivity contribution in [2.24, 2.45) is 11.8 Å². The van der Waals surface area contributed by atoms with E-state index in [2.05, 4.69) is 20.4 Å². The van der Waals surface area contributed by atoms with Gasteiger partial charge in [0.05, 0.1) is 6.42 Å². The van der Waals surface area contributed by atoms with Crippen LogP contribution in [-0.4, -0.2) is 11.6 Å². The molecule has 0 unspecified atom stereocenters. The van der Waals surface area contributed by atoms with Crippen LogP contribution >= 0.6 is 0 Å². The van der Waals surface area contributed by atoms with Crippen molar-refractivity contribution in [2.75, 3.05) is 0 Å². The number of allylic oxidation sites excluding steroid dienone is 1. The average molecular weight is 208 g/mol. The van der Waals surface area contributed by atoms with E-state index in [9.17, 15) is 4.79 Å². The summed E-state index contributed by atoms with van der Waals surface area (Å²) in [5, 5.41) is 0. The van der Waals surface area contributed by atoms with Gasteiger partial charge in [-0.3, -0.25) is 4.79 Å². The predicted octanol–water partition coefficient (Wildman–Crippen LogP) is 3.07. The van der Waals surface area contributed by atoms with Crippen molar-refractivity contribution in [1.29, 1.82) is 0 Å². The van der Waals surface area contributed by atoms with Crippen molar-refractivity contribution in [1.82, 2.24) is 0 Å². The Morgan fingerprint density at radius 2 is 2.33 bits per heavy atom. The Morgan fingerprint density at radius 3 is 2.93 bits per heavy atom. The van der Waals surface area contributed by atoms with Crippen LogP contribution in [-0.2, 0) is 9.53 Å². The number of hydrogen-bond acceptors (Lipinski definition) is 2. The first-order chi connectivity index (χ1) is 7.08. The molecule has 0 spiro atoms. The molecule has 2 fully saturated rings. The van der Waals surface area contributed by atoms with Gasteiger partial charge in [0.25, 0.3) is 0 Å². The molecule has 1 aliphatic carbocycles. The highest BCUT2D eigenvalue weighted by Gasteiger charge is 2.56. The summed E-state index contributed by atoms with van der Waals surface area (Å²) in [4.78, 5) is 11.4. The van der Waals surface area contributed by atoms with Crippen LogP contribution in [0, 0.1) is 11.8 Å². The lowest BCUT2D eigenvalue weighted by Gasteiger charge is -2.33. The van der Waals surface area contributed by atoms with E-state index in [0.717, 1.165) is 19.3 Å². The standard InChI is InChI=1S/C13H20O2/c1-4-13-10(7-9(2)3)5-6-11(13)8-12(14)15-13/h10-11H,2,4-8H2,1,3H3/t10-,11+,13+/m1/s1. The lowest BCUT2D eigenvalue weighted by molar-refractivity contribution is -0.153. The largest absolute Gasteiger partial charge is 0.458 e. The summed E-state index contributed by atoms with van der Waals surface area (Å²) in [6.45, 7) is 8.18. The van der Waals surface area contributed by atoms with Crippen molar-refractivity contribution in [3.05, 3.63) is 12.2 Å². The summed E-state index contributed by atoms with van der Waals surface area (Å²) in [6, 6.07) is 0. The van der Waals surface area contributed by atoms with E-state index < -0.39 is 0 Å². The molecule has 1 saturated heterocycles. The van der Waals surface area contributed by atoms with E-state index in [1.165, 1.54) is 12.0 Å². The molecule has 1 aliphatic heterocycles. The number of hydrogen-bond donors (Lipinski definition) is 0. The number of carbonyl (C=O) groups is 1. The van der Waals surface area contributed by atoms with E-state index in [4.69, 9.17) is 4.74 Å². The fourth-order valence-electron chi connectivity index (χ4n) is 3.47. The third-order valence-electron chi connectivity index (χ3n) is 4.11. The highest BCUT2D eigenvalue weighted by molar-refractivity contribution is 5.73. The minimum atomic E-state index is -0.143. The summed E-state index contributed by atoms with van der Waals surface area (Å²) in [6.07, 6.45) is 4.95. The van der Waals surface area contributed by atoms with E-state index in [0.29, 0.717) is 18.3 Å². The number of esters is 1. The molecule has 0 radical (unpaired) electrons. The molecular weight excluding hydrogens is 188 g/mol. The molecule has 0 aromatic carbocycles. The third kappa shape index (κ3) is 1.60. The number of ether oxygens (including phenoxy) is 1. The maximum Gasteiger partial charge on any atom is 0.306 e. The van der Waals surface area contributed by atoms with E-state index >= 15 is 0 Å². The summed E-state index contributed by atoms with van der Waals surface area (Å²) in [5.74, 6) is 0.990. The summed E-state index contributed by atoms with van der Waals surface area (Å²) >= 11 is 0. The average Bonchev–Trinajstić information content (AvgIpc) is 2.62. The Morgan fingerprint density at radius 1 is 1.60 bits per heavy atom. The molecule has 2 heteroatoms. The molecule has 84 valence electrons. The van der Waals surface area contributed by atoms with Gasteiger partial charge in [-0.15, -0.1) is 6.58 Å². The Bertz CT molecular complexity index is 295.